The first-order valence-electron chi connectivity index (χ1n) is 10.2. The summed E-state index contributed by atoms with van der Waals surface area (Å²) in [5.41, 5.74) is 1.34. The summed E-state index contributed by atoms with van der Waals surface area (Å²) < 4.78 is 33.6. The zero-order valence-corrected chi connectivity index (χ0v) is 19.6. The lowest BCUT2D eigenvalue weighted by Gasteiger charge is -2.24. The van der Waals surface area contributed by atoms with Crippen LogP contribution in [0, 0.1) is 0 Å². The van der Waals surface area contributed by atoms with Crippen molar-refractivity contribution in [2.24, 2.45) is 0 Å². The molecule has 2 aromatic carbocycles. The number of sulfone groups is 1. The van der Waals surface area contributed by atoms with Gasteiger partial charge in [-0.3, -0.25) is 9.69 Å². The number of hydrogen-bond acceptors (Lipinski definition) is 7. The summed E-state index contributed by atoms with van der Waals surface area (Å²) in [6.45, 7) is 3.22. The van der Waals surface area contributed by atoms with Crippen molar-refractivity contribution in [2.75, 3.05) is 33.6 Å². The highest BCUT2D eigenvalue weighted by molar-refractivity contribution is 7.90. The molecule has 1 atom stereocenters. The second kappa shape index (κ2) is 11.6. The molecule has 174 valence electrons. The molecular formula is C23H30N2O6S. The third-order valence-electron chi connectivity index (χ3n) is 5.04. The first-order chi connectivity index (χ1) is 15.1. The van der Waals surface area contributed by atoms with Crippen LogP contribution in [0.1, 0.15) is 29.3 Å². The molecule has 2 aromatic rings. The second-order valence-electron chi connectivity index (χ2n) is 7.51. The highest BCUT2D eigenvalue weighted by atomic mass is 32.2. The van der Waals surface area contributed by atoms with Crippen LogP contribution in [0.2, 0.25) is 0 Å². The van der Waals surface area contributed by atoms with E-state index in [0.29, 0.717) is 37.4 Å². The highest BCUT2D eigenvalue weighted by Crippen LogP contribution is 2.17. The first-order valence-corrected chi connectivity index (χ1v) is 12.1. The van der Waals surface area contributed by atoms with E-state index in [1.165, 1.54) is 19.2 Å². The van der Waals surface area contributed by atoms with Crippen LogP contribution >= 0.6 is 0 Å². The van der Waals surface area contributed by atoms with Crippen LogP contribution in [-0.2, 0) is 25.9 Å². The predicted octanol–water partition coefficient (Wildman–Crippen LogP) is 2.28. The van der Waals surface area contributed by atoms with E-state index in [0.717, 1.165) is 11.8 Å². The molecule has 0 radical (unpaired) electrons. The number of ether oxygens (including phenoxy) is 2. The average Bonchev–Trinajstić information content (AvgIpc) is 2.79. The van der Waals surface area contributed by atoms with Gasteiger partial charge in [-0.15, -0.1) is 0 Å². The van der Waals surface area contributed by atoms with E-state index in [2.05, 4.69) is 10.1 Å². The zero-order chi connectivity index (χ0) is 23.7. The Morgan fingerprint density at radius 1 is 1.12 bits per heavy atom. The highest BCUT2D eigenvalue weighted by Gasteiger charge is 2.17. The number of likely N-dealkylation sites (N-methyl/N-ethyl adjacent to an activating group) is 1. The molecule has 0 aliphatic rings. The molecule has 0 aromatic heterocycles. The van der Waals surface area contributed by atoms with E-state index in [-0.39, 0.29) is 16.8 Å². The van der Waals surface area contributed by atoms with Gasteiger partial charge in [0.1, 0.15) is 5.75 Å². The van der Waals surface area contributed by atoms with Gasteiger partial charge in [0, 0.05) is 19.3 Å². The van der Waals surface area contributed by atoms with Crippen molar-refractivity contribution in [3.8, 4) is 5.75 Å². The number of rotatable bonds is 11. The van der Waals surface area contributed by atoms with Crippen LogP contribution in [0.5, 0.6) is 5.75 Å². The van der Waals surface area contributed by atoms with Crippen LogP contribution in [0.15, 0.2) is 53.4 Å². The maximum Gasteiger partial charge on any atom is 0.337 e. The summed E-state index contributed by atoms with van der Waals surface area (Å²) in [5.74, 6) is -0.00572. The fourth-order valence-corrected chi connectivity index (χ4v) is 3.56. The summed E-state index contributed by atoms with van der Waals surface area (Å²) in [6.07, 6.45) is 1.83. The lowest BCUT2D eigenvalue weighted by Crippen LogP contribution is -2.43. The SMILES string of the molecule is COC(=O)c1ccc(CNC(=O)C(C)N(C)CCCOc2cccc(S(C)(=O)=O)c2)cc1. The van der Waals surface area contributed by atoms with Gasteiger partial charge in [-0.1, -0.05) is 18.2 Å². The van der Waals surface area contributed by atoms with E-state index >= 15 is 0 Å². The fraction of sp³-hybridized carbons (Fsp3) is 0.391. The van der Waals surface area contributed by atoms with Gasteiger partial charge in [-0.25, -0.2) is 13.2 Å². The van der Waals surface area contributed by atoms with E-state index in [1.807, 2.05) is 18.9 Å². The normalized spacial score (nSPS) is 12.3. The summed E-state index contributed by atoms with van der Waals surface area (Å²) >= 11 is 0. The van der Waals surface area contributed by atoms with E-state index in [9.17, 15) is 18.0 Å². The topological polar surface area (TPSA) is 102 Å². The molecule has 0 aliphatic heterocycles. The number of esters is 1. The van der Waals surface area contributed by atoms with Crippen LogP contribution < -0.4 is 10.1 Å². The Hall–Kier alpha value is -2.91. The number of benzene rings is 2. The molecule has 0 aliphatic carbocycles. The number of carbonyl (C=O) groups excluding carboxylic acids is 2. The smallest absolute Gasteiger partial charge is 0.337 e. The molecule has 0 fully saturated rings. The predicted molar refractivity (Wildman–Crippen MR) is 121 cm³/mol. The molecule has 0 saturated carbocycles. The number of nitrogens with zero attached hydrogens (tertiary/aromatic N) is 1. The molecule has 1 unspecified atom stereocenters. The number of carbonyl (C=O) groups is 2. The van der Waals surface area contributed by atoms with Gasteiger partial charge in [0.2, 0.25) is 5.91 Å². The zero-order valence-electron chi connectivity index (χ0n) is 18.8. The molecule has 9 heteroatoms. The number of nitrogens with one attached hydrogen (secondary N) is 1. The van der Waals surface area contributed by atoms with Crippen molar-refractivity contribution in [3.05, 3.63) is 59.7 Å². The van der Waals surface area contributed by atoms with Crippen LogP contribution in [0.25, 0.3) is 0 Å². The van der Waals surface area contributed by atoms with Crippen molar-refractivity contribution < 1.29 is 27.5 Å². The Balaban J connectivity index is 1.74. The van der Waals surface area contributed by atoms with Gasteiger partial charge in [-0.2, -0.15) is 0 Å². The van der Waals surface area contributed by atoms with Crippen LogP contribution in [-0.4, -0.2) is 64.8 Å². The van der Waals surface area contributed by atoms with Gasteiger partial charge in [0.25, 0.3) is 0 Å². The maximum atomic E-state index is 12.4. The average molecular weight is 463 g/mol. The fourth-order valence-electron chi connectivity index (χ4n) is 2.91. The Labute approximate surface area is 189 Å². The van der Waals surface area contributed by atoms with E-state index < -0.39 is 15.8 Å². The largest absolute Gasteiger partial charge is 0.494 e. The molecule has 0 heterocycles. The van der Waals surface area contributed by atoms with Crippen molar-refractivity contribution in [1.29, 1.82) is 0 Å². The number of methoxy groups -OCH3 is 1. The van der Waals surface area contributed by atoms with Crippen LogP contribution in [0.3, 0.4) is 0 Å². The molecule has 32 heavy (non-hydrogen) atoms. The third kappa shape index (κ3) is 7.65. The van der Waals surface area contributed by atoms with E-state index in [1.54, 1.807) is 36.4 Å². The van der Waals surface area contributed by atoms with Crippen molar-refractivity contribution >= 4 is 21.7 Å². The maximum absolute atomic E-state index is 12.4. The molecule has 1 amide bonds. The minimum atomic E-state index is -3.28. The Morgan fingerprint density at radius 3 is 2.44 bits per heavy atom. The van der Waals surface area contributed by atoms with Gasteiger partial charge in [0.05, 0.1) is 30.2 Å². The van der Waals surface area contributed by atoms with Crippen molar-refractivity contribution in [2.45, 2.75) is 30.8 Å². The lowest BCUT2D eigenvalue weighted by atomic mass is 10.1. The molecule has 2 rings (SSSR count). The quantitative estimate of drug-likeness (QED) is 0.404. The number of hydrogen-bond donors (Lipinski definition) is 1. The minimum absolute atomic E-state index is 0.105. The Bertz CT molecular complexity index is 1020. The van der Waals surface area contributed by atoms with Gasteiger partial charge in [-0.05, 0) is 56.3 Å². The molecule has 0 bridgehead atoms. The van der Waals surface area contributed by atoms with Crippen molar-refractivity contribution in [3.63, 3.8) is 0 Å². The molecule has 0 saturated heterocycles. The van der Waals surface area contributed by atoms with E-state index in [4.69, 9.17) is 4.74 Å². The minimum Gasteiger partial charge on any atom is -0.494 e. The van der Waals surface area contributed by atoms with Gasteiger partial charge in [0.15, 0.2) is 9.84 Å². The summed E-state index contributed by atoms with van der Waals surface area (Å²) in [4.78, 5) is 26.1. The van der Waals surface area contributed by atoms with Gasteiger partial charge < -0.3 is 14.8 Å². The molecule has 0 spiro atoms. The molecular weight excluding hydrogens is 432 g/mol. The van der Waals surface area contributed by atoms with Gasteiger partial charge >= 0.3 is 5.97 Å². The second-order valence-corrected chi connectivity index (χ2v) is 9.53. The summed E-state index contributed by atoms with van der Waals surface area (Å²) in [5, 5.41) is 2.89. The standard InChI is InChI=1S/C23H30N2O6S/c1-17(22(26)24-16-18-9-11-19(12-10-18)23(27)30-3)25(2)13-6-14-31-20-7-5-8-21(15-20)32(4,28)29/h5,7-12,15,17H,6,13-14,16H2,1-4H3,(H,24,26). The lowest BCUT2D eigenvalue weighted by molar-refractivity contribution is -0.125. The summed E-state index contributed by atoms with van der Waals surface area (Å²) in [6, 6.07) is 12.9. The monoisotopic (exact) mass is 462 g/mol. The number of amides is 1. The third-order valence-corrected chi connectivity index (χ3v) is 6.15. The summed E-state index contributed by atoms with van der Waals surface area (Å²) in [7, 11) is -0.0852. The van der Waals surface area contributed by atoms with Crippen LogP contribution in [0.4, 0.5) is 0 Å². The Kier molecular flexibility index (Phi) is 9.22. The Morgan fingerprint density at radius 2 is 1.81 bits per heavy atom. The first kappa shape index (κ1) is 25.4. The molecule has 8 nitrogen and oxygen atoms in total. The molecule has 1 N–H and O–H groups in total. The van der Waals surface area contributed by atoms with Crippen molar-refractivity contribution in [1.82, 2.24) is 10.2 Å².